The van der Waals surface area contributed by atoms with Gasteiger partial charge >= 0.3 is 0 Å². The summed E-state index contributed by atoms with van der Waals surface area (Å²) in [6, 6.07) is 1.77. The van der Waals surface area contributed by atoms with Crippen LogP contribution in [-0.2, 0) is 11.4 Å². The molecular weight excluding hydrogens is 302 g/mol. The van der Waals surface area contributed by atoms with Crippen molar-refractivity contribution in [1.29, 1.82) is 0 Å². The van der Waals surface area contributed by atoms with Gasteiger partial charge in [0.25, 0.3) is 0 Å². The molecule has 0 aliphatic carbocycles. The number of nitrogens with zero attached hydrogens (tertiary/aromatic N) is 3. The first-order valence-corrected chi connectivity index (χ1v) is 7.23. The molecule has 0 aliphatic rings. The lowest BCUT2D eigenvalue weighted by molar-refractivity contribution is 0.561. The maximum Gasteiger partial charge on any atom is 0.197 e. The molecule has 1 heterocycles. The Bertz CT molecular complexity index is 417. The standard InChI is InChI=1S/C11H16BrN3OS/c1-5-8(15-17(16)11(2,3)4)9-6-7-13-10(12)14-9/h6-7H,5H2,1-4H3/b15-8-. The van der Waals surface area contributed by atoms with Gasteiger partial charge in [0.1, 0.15) is 21.8 Å². The molecule has 0 saturated heterocycles. The van der Waals surface area contributed by atoms with Crippen LogP contribution in [0.4, 0.5) is 0 Å². The lowest BCUT2D eigenvalue weighted by Gasteiger charge is -2.19. The molecule has 1 atom stereocenters. The Kier molecular flexibility index (Phi) is 5.09. The fourth-order valence-corrected chi connectivity index (χ4v) is 2.03. The van der Waals surface area contributed by atoms with Crippen LogP contribution in [0, 0.1) is 0 Å². The molecule has 0 amide bonds. The molecule has 6 heteroatoms. The van der Waals surface area contributed by atoms with Crippen molar-refractivity contribution < 1.29 is 4.55 Å². The van der Waals surface area contributed by atoms with Gasteiger partial charge in [-0.25, -0.2) is 9.97 Å². The van der Waals surface area contributed by atoms with Gasteiger partial charge in [0.2, 0.25) is 0 Å². The van der Waals surface area contributed by atoms with Gasteiger partial charge in [-0.15, -0.1) is 0 Å². The third kappa shape index (κ3) is 4.37. The van der Waals surface area contributed by atoms with Crippen molar-refractivity contribution >= 4 is 33.0 Å². The molecule has 0 aliphatic heterocycles. The molecule has 1 rings (SSSR count). The molecule has 0 fully saturated rings. The number of hydrogen-bond donors (Lipinski definition) is 0. The van der Waals surface area contributed by atoms with Crippen molar-refractivity contribution in [3.63, 3.8) is 0 Å². The molecule has 0 spiro atoms. The summed E-state index contributed by atoms with van der Waals surface area (Å²) in [6.07, 6.45) is 2.34. The highest BCUT2D eigenvalue weighted by Gasteiger charge is 2.27. The van der Waals surface area contributed by atoms with E-state index in [0.717, 1.165) is 5.71 Å². The first-order valence-electron chi connectivity index (χ1n) is 5.33. The van der Waals surface area contributed by atoms with Crippen LogP contribution in [-0.4, -0.2) is 25.0 Å². The Balaban J connectivity index is 3.03. The van der Waals surface area contributed by atoms with Crippen LogP contribution in [0.25, 0.3) is 0 Å². The lowest BCUT2D eigenvalue weighted by Crippen LogP contribution is -2.27. The van der Waals surface area contributed by atoms with E-state index in [1.54, 1.807) is 12.3 Å². The monoisotopic (exact) mass is 317 g/mol. The second-order valence-corrected chi connectivity index (χ2v) is 7.08. The van der Waals surface area contributed by atoms with Gasteiger partial charge in [0, 0.05) is 6.20 Å². The number of hydrogen-bond acceptors (Lipinski definition) is 4. The first kappa shape index (κ1) is 14.6. The van der Waals surface area contributed by atoms with Crippen molar-refractivity contribution in [1.82, 2.24) is 9.97 Å². The Morgan fingerprint density at radius 2 is 2.18 bits per heavy atom. The lowest BCUT2D eigenvalue weighted by atomic mass is 10.2. The highest BCUT2D eigenvalue weighted by molar-refractivity contribution is 9.10. The highest BCUT2D eigenvalue weighted by atomic mass is 79.9. The Morgan fingerprint density at radius 3 is 2.65 bits per heavy atom. The Hall–Kier alpha value is -0.460. The van der Waals surface area contributed by atoms with Gasteiger partial charge in [-0.3, -0.25) is 0 Å². The average molecular weight is 318 g/mol. The van der Waals surface area contributed by atoms with Gasteiger partial charge in [0.15, 0.2) is 4.73 Å². The minimum atomic E-state index is -1.26. The summed E-state index contributed by atoms with van der Waals surface area (Å²) in [4.78, 5) is 8.18. The van der Waals surface area contributed by atoms with E-state index in [2.05, 4.69) is 30.3 Å². The molecule has 1 unspecified atom stereocenters. The van der Waals surface area contributed by atoms with Crippen LogP contribution < -0.4 is 0 Å². The van der Waals surface area contributed by atoms with E-state index in [0.29, 0.717) is 16.8 Å². The SMILES string of the molecule is CC/C(=N/[S+]([O-])C(C)(C)C)c1ccnc(Br)n1. The predicted molar refractivity (Wildman–Crippen MR) is 74.5 cm³/mol. The quantitative estimate of drug-likeness (QED) is 0.489. The van der Waals surface area contributed by atoms with Crippen LogP contribution in [0.2, 0.25) is 0 Å². The summed E-state index contributed by atoms with van der Waals surface area (Å²) in [5, 5.41) is 0. The summed E-state index contributed by atoms with van der Waals surface area (Å²) in [5.41, 5.74) is 1.45. The summed E-state index contributed by atoms with van der Waals surface area (Å²) in [5.74, 6) is 0. The van der Waals surface area contributed by atoms with E-state index in [-0.39, 0.29) is 4.75 Å². The maximum absolute atomic E-state index is 12.0. The van der Waals surface area contributed by atoms with Crippen molar-refractivity contribution in [3.05, 3.63) is 22.7 Å². The molecule has 0 aromatic carbocycles. The van der Waals surface area contributed by atoms with Crippen LogP contribution in [0.1, 0.15) is 39.8 Å². The molecular formula is C11H16BrN3OS. The van der Waals surface area contributed by atoms with E-state index >= 15 is 0 Å². The van der Waals surface area contributed by atoms with E-state index in [4.69, 9.17) is 0 Å². The smallest absolute Gasteiger partial charge is 0.197 e. The number of aromatic nitrogens is 2. The topological polar surface area (TPSA) is 61.2 Å². The van der Waals surface area contributed by atoms with Gasteiger partial charge < -0.3 is 4.55 Å². The zero-order valence-corrected chi connectivity index (χ0v) is 12.8. The molecule has 1 aromatic rings. The van der Waals surface area contributed by atoms with Crippen molar-refractivity contribution in [2.75, 3.05) is 0 Å². The maximum atomic E-state index is 12.0. The largest absolute Gasteiger partial charge is 0.591 e. The van der Waals surface area contributed by atoms with Crippen molar-refractivity contribution in [3.8, 4) is 0 Å². The third-order valence-corrected chi connectivity index (χ3v) is 3.79. The third-order valence-electron chi connectivity index (χ3n) is 1.97. The van der Waals surface area contributed by atoms with Gasteiger partial charge in [-0.2, -0.15) is 0 Å². The van der Waals surface area contributed by atoms with Gasteiger partial charge in [0.05, 0.1) is 5.69 Å². The minimum absolute atomic E-state index is 0.356. The summed E-state index contributed by atoms with van der Waals surface area (Å²) < 4.78 is 16.4. The zero-order chi connectivity index (χ0) is 13.1. The Labute approximate surface area is 113 Å². The molecule has 0 saturated carbocycles. The van der Waals surface area contributed by atoms with Crippen molar-refractivity contribution in [2.24, 2.45) is 4.40 Å². The fourth-order valence-electron chi connectivity index (χ4n) is 1.03. The second-order valence-electron chi connectivity index (χ2n) is 4.46. The molecule has 0 N–H and O–H groups in total. The number of rotatable bonds is 3. The predicted octanol–water partition coefficient (Wildman–Crippen LogP) is 2.90. The Morgan fingerprint density at radius 1 is 1.53 bits per heavy atom. The highest BCUT2D eigenvalue weighted by Crippen LogP contribution is 2.19. The molecule has 17 heavy (non-hydrogen) atoms. The molecule has 0 radical (unpaired) electrons. The van der Waals surface area contributed by atoms with E-state index in [1.165, 1.54) is 0 Å². The molecule has 94 valence electrons. The van der Waals surface area contributed by atoms with Crippen LogP contribution in [0.15, 0.2) is 21.4 Å². The summed E-state index contributed by atoms with van der Waals surface area (Å²) in [7, 11) is 0. The van der Waals surface area contributed by atoms with E-state index in [1.807, 2.05) is 27.7 Å². The van der Waals surface area contributed by atoms with Crippen LogP contribution in [0.3, 0.4) is 0 Å². The fraction of sp³-hybridized carbons (Fsp3) is 0.545. The van der Waals surface area contributed by atoms with E-state index in [9.17, 15) is 4.55 Å². The van der Waals surface area contributed by atoms with Gasteiger partial charge in [-0.05, 0) is 49.2 Å². The molecule has 1 aromatic heterocycles. The average Bonchev–Trinajstić information content (AvgIpc) is 2.24. The zero-order valence-electron chi connectivity index (χ0n) is 10.4. The summed E-state index contributed by atoms with van der Waals surface area (Å²) in [6.45, 7) is 7.66. The molecule has 4 nitrogen and oxygen atoms in total. The first-order chi connectivity index (χ1) is 7.84. The van der Waals surface area contributed by atoms with Crippen molar-refractivity contribution in [2.45, 2.75) is 38.9 Å². The minimum Gasteiger partial charge on any atom is -0.591 e. The normalized spacial score (nSPS) is 14.8. The van der Waals surface area contributed by atoms with E-state index < -0.39 is 11.4 Å². The second kappa shape index (κ2) is 5.93. The summed E-state index contributed by atoms with van der Waals surface area (Å²) >= 11 is 1.95. The molecule has 0 bridgehead atoms. The van der Waals surface area contributed by atoms with Crippen LogP contribution in [0.5, 0.6) is 0 Å². The van der Waals surface area contributed by atoms with Crippen LogP contribution >= 0.6 is 15.9 Å². The number of halogens is 1. The van der Waals surface area contributed by atoms with Gasteiger partial charge in [-0.1, -0.05) is 11.3 Å².